The second kappa shape index (κ2) is 7.40. The zero-order valence-electron chi connectivity index (χ0n) is 9.59. The number of rotatable bonds is 7. The number of ether oxygens (including phenoxy) is 1. The van der Waals surface area contributed by atoms with Crippen LogP contribution in [0.15, 0.2) is 10.7 Å². The summed E-state index contributed by atoms with van der Waals surface area (Å²) in [5.41, 5.74) is 0. The molecule has 0 amide bonds. The van der Waals surface area contributed by atoms with E-state index in [1.165, 1.54) is 0 Å². The van der Waals surface area contributed by atoms with E-state index in [-0.39, 0.29) is 0 Å². The van der Waals surface area contributed by atoms with Crippen molar-refractivity contribution >= 4 is 27.7 Å². The smallest absolute Gasteiger partial charge is 0.224 e. The van der Waals surface area contributed by atoms with Crippen LogP contribution in [0.5, 0.6) is 0 Å². The van der Waals surface area contributed by atoms with E-state index in [1.807, 2.05) is 6.92 Å². The largest absolute Gasteiger partial charge is 0.382 e. The van der Waals surface area contributed by atoms with Crippen molar-refractivity contribution in [1.29, 1.82) is 0 Å². The van der Waals surface area contributed by atoms with Gasteiger partial charge in [-0.05, 0) is 29.3 Å². The highest BCUT2D eigenvalue weighted by Gasteiger charge is 2.02. The van der Waals surface area contributed by atoms with E-state index >= 15 is 0 Å². The molecule has 0 aromatic carbocycles. The molecule has 2 N–H and O–H groups in total. The predicted octanol–water partition coefficient (Wildman–Crippen LogP) is 2.12. The minimum absolute atomic E-state index is 0.607. The zero-order valence-corrected chi connectivity index (χ0v) is 11.2. The van der Waals surface area contributed by atoms with Crippen molar-refractivity contribution in [3.63, 3.8) is 0 Å². The fourth-order valence-corrected chi connectivity index (χ4v) is 1.47. The number of hydrogen-bond donors (Lipinski definition) is 2. The SMILES string of the molecule is CCOCCCNc1nc(NC)ncc1Br. The van der Waals surface area contributed by atoms with Gasteiger partial charge in [0.05, 0.1) is 4.47 Å². The van der Waals surface area contributed by atoms with Gasteiger partial charge in [-0.1, -0.05) is 0 Å². The first kappa shape index (κ1) is 13.2. The van der Waals surface area contributed by atoms with Crippen molar-refractivity contribution in [2.24, 2.45) is 0 Å². The summed E-state index contributed by atoms with van der Waals surface area (Å²) in [5.74, 6) is 1.41. The van der Waals surface area contributed by atoms with Crippen LogP contribution in [0.25, 0.3) is 0 Å². The Hall–Kier alpha value is -0.880. The lowest BCUT2D eigenvalue weighted by atomic mass is 10.4. The second-order valence-corrected chi connectivity index (χ2v) is 3.97. The third kappa shape index (κ3) is 4.32. The lowest BCUT2D eigenvalue weighted by Gasteiger charge is -2.08. The minimum Gasteiger partial charge on any atom is -0.382 e. The highest BCUT2D eigenvalue weighted by atomic mass is 79.9. The summed E-state index contributed by atoms with van der Waals surface area (Å²) in [4.78, 5) is 8.37. The van der Waals surface area contributed by atoms with Crippen LogP contribution in [-0.4, -0.2) is 36.8 Å². The first-order chi connectivity index (χ1) is 7.77. The molecule has 0 saturated heterocycles. The molecule has 1 heterocycles. The summed E-state index contributed by atoms with van der Waals surface area (Å²) >= 11 is 3.40. The Kier molecular flexibility index (Phi) is 6.10. The van der Waals surface area contributed by atoms with Gasteiger partial charge < -0.3 is 15.4 Å². The van der Waals surface area contributed by atoms with Crippen molar-refractivity contribution in [3.8, 4) is 0 Å². The lowest BCUT2D eigenvalue weighted by molar-refractivity contribution is 0.147. The number of nitrogens with one attached hydrogen (secondary N) is 2. The van der Waals surface area contributed by atoms with Gasteiger partial charge in [-0.3, -0.25) is 0 Å². The topological polar surface area (TPSA) is 59.1 Å². The van der Waals surface area contributed by atoms with E-state index in [4.69, 9.17) is 4.74 Å². The van der Waals surface area contributed by atoms with Gasteiger partial charge in [0, 0.05) is 33.0 Å². The van der Waals surface area contributed by atoms with Crippen LogP contribution in [0.4, 0.5) is 11.8 Å². The molecule has 1 rings (SSSR count). The molecule has 1 aromatic rings. The normalized spacial score (nSPS) is 10.2. The fraction of sp³-hybridized carbons (Fsp3) is 0.600. The van der Waals surface area contributed by atoms with Crippen LogP contribution >= 0.6 is 15.9 Å². The van der Waals surface area contributed by atoms with Crippen molar-refractivity contribution in [2.45, 2.75) is 13.3 Å². The second-order valence-electron chi connectivity index (χ2n) is 3.12. The van der Waals surface area contributed by atoms with Gasteiger partial charge in [-0.25, -0.2) is 4.98 Å². The van der Waals surface area contributed by atoms with E-state index in [9.17, 15) is 0 Å². The van der Waals surface area contributed by atoms with Crippen LogP contribution in [0.3, 0.4) is 0 Å². The Morgan fingerprint density at radius 2 is 2.31 bits per heavy atom. The van der Waals surface area contributed by atoms with Crippen LogP contribution in [0.2, 0.25) is 0 Å². The fourth-order valence-electron chi connectivity index (χ4n) is 1.14. The Bertz CT molecular complexity index is 322. The maximum atomic E-state index is 5.25. The number of aromatic nitrogens is 2. The van der Waals surface area contributed by atoms with Gasteiger partial charge >= 0.3 is 0 Å². The predicted molar refractivity (Wildman–Crippen MR) is 68.9 cm³/mol. The van der Waals surface area contributed by atoms with Crippen LogP contribution in [0, 0.1) is 0 Å². The molecule has 0 saturated carbocycles. The summed E-state index contributed by atoms with van der Waals surface area (Å²) in [6.45, 7) is 4.36. The molecule has 90 valence electrons. The molecule has 0 unspecified atom stereocenters. The summed E-state index contributed by atoms with van der Waals surface area (Å²) < 4.78 is 6.11. The van der Waals surface area contributed by atoms with Gasteiger partial charge in [0.1, 0.15) is 5.82 Å². The third-order valence-electron chi connectivity index (χ3n) is 1.93. The molecule has 0 spiro atoms. The highest BCUT2D eigenvalue weighted by molar-refractivity contribution is 9.10. The molecule has 0 aliphatic rings. The lowest BCUT2D eigenvalue weighted by Crippen LogP contribution is -2.08. The van der Waals surface area contributed by atoms with Crippen LogP contribution in [0.1, 0.15) is 13.3 Å². The van der Waals surface area contributed by atoms with Gasteiger partial charge in [0.25, 0.3) is 0 Å². The van der Waals surface area contributed by atoms with Crippen molar-refractivity contribution < 1.29 is 4.74 Å². The Balaban J connectivity index is 2.40. The minimum atomic E-state index is 0.607. The molecule has 16 heavy (non-hydrogen) atoms. The third-order valence-corrected chi connectivity index (χ3v) is 2.51. The summed E-state index contributed by atoms with van der Waals surface area (Å²) in [6, 6.07) is 0. The number of nitrogens with zero attached hydrogens (tertiary/aromatic N) is 2. The molecule has 0 aliphatic carbocycles. The molecule has 6 heteroatoms. The van der Waals surface area contributed by atoms with E-state index in [0.717, 1.165) is 36.5 Å². The standard InChI is InChI=1S/C10H17BrN4O/c1-3-16-6-4-5-13-9-8(11)7-14-10(12-2)15-9/h7H,3-6H2,1-2H3,(H2,12,13,14,15). The van der Waals surface area contributed by atoms with Crippen molar-refractivity contribution in [1.82, 2.24) is 9.97 Å². The maximum Gasteiger partial charge on any atom is 0.224 e. The molecule has 0 aliphatic heterocycles. The van der Waals surface area contributed by atoms with Gasteiger partial charge in [0.2, 0.25) is 5.95 Å². The Morgan fingerprint density at radius 1 is 1.50 bits per heavy atom. The molecule has 5 nitrogen and oxygen atoms in total. The van der Waals surface area contributed by atoms with Crippen LogP contribution in [-0.2, 0) is 4.74 Å². The summed E-state index contributed by atoms with van der Waals surface area (Å²) in [5, 5.41) is 6.13. The molecular formula is C10H17BrN4O. The molecule has 0 atom stereocenters. The number of hydrogen-bond acceptors (Lipinski definition) is 5. The zero-order chi connectivity index (χ0) is 11.8. The highest BCUT2D eigenvalue weighted by Crippen LogP contribution is 2.19. The monoisotopic (exact) mass is 288 g/mol. The van der Waals surface area contributed by atoms with E-state index in [0.29, 0.717) is 5.95 Å². The van der Waals surface area contributed by atoms with Gasteiger partial charge in [-0.2, -0.15) is 4.98 Å². The maximum absolute atomic E-state index is 5.25. The molecule has 0 radical (unpaired) electrons. The van der Waals surface area contributed by atoms with Gasteiger partial charge in [0.15, 0.2) is 0 Å². The Morgan fingerprint density at radius 3 is 3.00 bits per heavy atom. The quantitative estimate of drug-likeness (QED) is 0.753. The number of halogens is 1. The average Bonchev–Trinajstić information content (AvgIpc) is 2.31. The average molecular weight is 289 g/mol. The Labute approximate surface area is 104 Å². The molecular weight excluding hydrogens is 272 g/mol. The number of anilines is 2. The van der Waals surface area contributed by atoms with Crippen molar-refractivity contribution in [2.75, 3.05) is 37.4 Å². The first-order valence-corrected chi connectivity index (χ1v) is 6.09. The van der Waals surface area contributed by atoms with E-state index < -0.39 is 0 Å². The summed E-state index contributed by atoms with van der Waals surface area (Å²) in [6.07, 6.45) is 2.68. The molecule has 0 fully saturated rings. The van der Waals surface area contributed by atoms with E-state index in [2.05, 4.69) is 36.5 Å². The van der Waals surface area contributed by atoms with Gasteiger partial charge in [-0.15, -0.1) is 0 Å². The first-order valence-electron chi connectivity index (χ1n) is 5.29. The van der Waals surface area contributed by atoms with E-state index in [1.54, 1.807) is 13.2 Å². The van der Waals surface area contributed by atoms with Crippen LogP contribution < -0.4 is 10.6 Å². The molecule has 1 aromatic heterocycles. The van der Waals surface area contributed by atoms with Crippen molar-refractivity contribution in [3.05, 3.63) is 10.7 Å². The molecule has 0 bridgehead atoms. The summed E-state index contributed by atoms with van der Waals surface area (Å²) in [7, 11) is 1.79.